The summed E-state index contributed by atoms with van der Waals surface area (Å²) in [5.41, 5.74) is 3.33. The largest absolute Gasteiger partial charge is 0.457 e. The molecule has 0 saturated heterocycles. The topological polar surface area (TPSA) is 101 Å². The number of rotatable bonds is 6. The summed E-state index contributed by atoms with van der Waals surface area (Å²) in [5.74, 6) is -0.876. The van der Waals surface area contributed by atoms with Gasteiger partial charge in [0, 0.05) is 0 Å². The fourth-order valence-electron chi connectivity index (χ4n) is 2.23. The van der Waals surface area contributed by atoms with E-state index in [2.05, 4.69) is 10.5 Å². The molecule has 1 heterocycles. The molecule has 2 aromatic carbocycles. The van der Waals surface area contributed by atoms with Gasteiger partial charge in [0.05, 0.1) is 12.5 Å². The Morgan fingerprint density at radius 3 is 2.63 bits per heavy atom. The normalized spacial score (nSPS) is 11.9. The molecule has 0 aliphatic carbocycles. The monoisotopic (exact) mass is 364 g/mol. The molecule has 0 aliphatic heterocycles. The Hall–Kier alpha value is -3.71. The number of benzene rings is 2. The molecule has 1 amide bonds. The van der Waals surface area contributed by atoms with E-state index in [1.807, 2.05) is 0 Å². The average molecular weight is 364 g/mol. The Morgan fingerprint density at radius 1 is 1.07 bits per heavy atom. The molecule has 3 aromatic rings. The second-order valence-electron chi connectivity index (χ2n) is 5.49. The lowest BCUT2D eigenvalue weighted by molar-refractivity contribution is -0.129. The molecule has 7 nitrogen and oxygen atoms in total. The number of aliphatic hydroxyl groups excluding tert-OH is 1. The fraction of sp³-hybridized carbons (Fsp3) is 0.0500. The van der Waals surface area contributed by atoms with Crippen LogP contribution in [0.25, 0.3) is 0 Å². The van der Waals surface area contributed by atoms with Gasteiger partial charge < -0.3 is 14.3 Å². The summed E-state index contributed by atoms with van der Waals surface area (Å²) in [6, 6.07) is 18.2. The molecular weight excluding hydrogens is 348 g/mol. The lowest BCUT2D eigenvalue weighted by Gasteiger charge is -2.08. The van der Waals surface area contributed by atoms with Crippen LogP contribution in [0.1, 0.15) is 27.8 Å². The second-order valence-corrected chi connectivity index (χ2v) is 5.49. The van der Waals surface area contributed by atoms with E-state index in [4.69, 9.17) is 9.15 Å². The van der Waals surface area contributed by atoms with Gasteiger partial charge in [-0.25, -0.2) is 10.2 Å². The number of nitrogens with one attached hydrogen (secondary N) is 1. The molecule has 1 unspecified atom stereocenters. The number of furan rings is 1. The van der Waals surface area contributed by atoms with Crippen LogP contribution < -0.4 is 10.2 Å². The minimum Gasteiger partial charge on any atom is -0.457 e. The molecule has 136 valence electrons. The maximum Gasteiger partial charge on any atom is 0.379 e. The predicted octanol–water partition coefficient (Wildman–Crippen LogP) is 2.68. The zero-order valence-electron chi connectivity index (χ0n) is 14.1. The molecule has 27 heavy (non-hydrogen) atoms. The van der Waals surface area contributed by atoms with E-state index >= 15 is 0 Å². The van der Waals surface area contributed by atoms with Crippen molar-refractivity contribution >= 4 is 18.1 Å². The van der Waals surface area contributed by atoms with E-state index in [9.17, 15) is 14.7 Å². The maximum atomic E-state index is 11.9. The molecule has 1 atom stereocenters. The summed E-state index contributed by atoms with van der Waals surface area (Å²) in [5, 5.41) is 13.8. The van der Waals surface area contributed by atoms with Crippen LogP contribution in [-0.2, 0) is 4.79 Å². The van der Waals surface area contributed by atoms with Crippen LogP contribution in [0.4, 0.5) is 0 Å². The van der Waals surface area contributed by atoms with Crippen LogP contribution in [0, 0.1) is 0 Å². The molecule has 1 aromatic heterocycles. The van der Waals surface area contributed by atoms with Crippen molar-refractivity contribution in [1.82, 2.24) is 5.43 Å². The minimum absolute atomic E-state index is 0.0937. The van der Waals surface area contributed by atoms with Crippen LogP contribution in [0.3, 0.4) is 0 Å². The van der Waals surface area contributed by atoms with Gasteiger partial charge in [-0.1, -0.05) is 42.5 Å². The zero-order valence-corrected chi connectivity index (χ0v) is 14.1. The van der Waals surface area contributed by atoms with Gasteiger partial charge in [0.1, 0.15) is 5.75 Å². The van der Waals surface area contributed by atoms with E-state index in [1.165, 1.54) is 18.5 Å². The molecule has 0 saturated carbocycles. The molecule has 0 radical (unpaired) electrons. The van der Waals surface area contributed by atoms with Crippen molar-refractivity contribution in [3.8, 4) is 5.75 Å². The van der Waals surface area contributed by atoms with Crippen LogP contribution in [-0.4, -0.2) is 23.2 Å². The lowest BCUT2D eigenvalue weighted by Crippen LogP contribution is -2.25. The van der Waals surface area contributed by atoms with E-state index in [-0.39, 0.29) is 5.76 Å². The van der Waals surface area contributed by atoms with Gasteiger partial charge in [-0.2, -0.15) is 5.10 Å². The van der Waals surface area contributed by atoms with Gasteiger partial charge in [-0.15, -0.1) is 0 Å². The van der Waals surface area contributed by atoms with Crippen molar-refractivity contribution in [2.45, 2.75) is 6.10 Å². The number of hydrogen-bond acceptors (Lipinski definition) is 6. The first kappa shape index (κ1) is 18.1. The SMILES string of the molecule is O=C(Oc1cccc(C=NNC(=O)C(O)c2ccccc2)c1)c1ccco1. The molecule has 0 fully saturated rings. The third-order valence-electron chi connectivity index (χ3n) is 3.54. The van der Waals surface area contributed by atoms with E-state index in [0.29, 0.717) is 16.9 Å². The number of carbonyl (C=O) groups is 2. The Labute approximate surface area is 154 Å². The fourth-order valence-corrected chi connectivity index (χ4v) is 2.23. The third kappa shape index (κ3) is 4.90. The Kier molecular flexibility index (Phi) is 5.76. The molecular formula is C20H16N2O5. The first-order chi connectivity index (χ1) is 13.1. The molecule has 0 spiro atoms. The van der Waals surface area contributed by atoms with Crippen LogP contribution >= 0.6 is 0 Å². The Bertz CT molecular complexity index is 936. The van der Waals surface area contributed by atoms with Crippen molar-refractivity contribution in [1.29, 1.82) is 0 Å². The summed E-state index contributed by atoms with van der Waals surface area (Å²) in [7, 11) is 0. The van der Waals surface area contributed by atoms with Crippen molar-refractivity contribution in [3.63, 3.8) is 0 Å². The maximum absolute atomic E-state index is 11.9. The van der Waals surface area contributed by atoms with Crippen LogP contribution in [0.15, 0.2) is 82.5 Å². The highest BCUT2D eigenvalue weighted by atomic mass is 16.5. The number of hydrazone groups is 1. The Balaban J connectivity index is 1.59. The van der Waals surface area contributed by atoms with Crippen molar-refractivity contribution in [3.05, 3.63) is 89.9 Å². The molecule has 7 heteroatoms. The van der Waals surface area contributed by atoms with Gasteiger partial charge in [-0.05, 0) is 35.4 Å². The van der Waals surface area contributed by atoms with Gasteiger partial charge >= 0.3 is 5.97 Å². The van der Waals surface area contributed by atoms with E-state index in [0.717, 1.165) is 0 Å². The van der Waals surface area contributed by atoms with Gasteiger partial charge in [0.2, 0.25) is 5.76 Å². The summed E-state index contributed by atoms with van der Waals surface area (Å²) < 4.78 is 10.2. The number of carbonyl (C=O) groups excluding carboxylic acids is 2. The number of amides is 1. The second kappa shape index (κ2) is 8.59. The number of ether oxygens (including phenoxy) is 1. The highest BCUT2D eigenvalue weighted by Crippen LogP contribution is 2.15. The molecule has 3 rings (SSSR count). The standard InChI is InChI=1S/C20H16N2O5/c23-18(15-7-2-1-3-8-15)19(24)22-21-13-14-6-4-9-16(12-14)27-20(25)17-10-5-11-26-17/h1-13,18,23H,(H,22,24). The zero-order chi connectivity index (χ0) is 19.1. The van der Waals surface area contributed by atoms with Crippen molar-refractivity contribution in [2.24, 2.45) is 5.10 Å². The van der Waals surface area contributed by atoms with Crippen LogP contribution in [0.5, 0.6) is 5.75 Å². The number of esters is 1. The van der Waals surface area contributed by atoms with E-state index in [1.54, 1.807) is 60.7 Å². The van der Waals surface area contributed by atoms with Gasteiger partial charge in [0.15, 0.2) is 6.10 Å². The molecule has 2 N–H and O–H groups in total. The number of hydrogen-bond donors (Lipinski definition) is 2. The highest BCUT2D eigenvalue weighted by Gasteiger charge is 2.16. The molecule has 0 aliphatic rings. The minimum atomic E-state index is -1.32. The van der Waals surface area contributed by atoms with Gasteiger partial charge in [0.25, 0.3) is 5.91 Å². The van der Waals surface area contributed by atoms with Crippen LogP contribution in [0.2, 0.25) is 0 Å². The smallest absolute Gasteiger partial charge is 0.379 e. The van der Waals surface area contributed by atoms with Gasteiger partial charge in [-0.3, -0.25) is 4.79 Å². The summed E-state index contributed by atoms with van der Waals surface area (Å²) >= 11 is 0. The highest BCUT2D eigenvalue weighted by molar-refractivity contribution is 5.89. The predicted molar refractivity (Wildman–Crippen MR) is 97.2 cm³/mol. The summed E-state index contributed by atoms with van der Waals surface area (Å²) in [6.07, 6.45) is 1.44. The Morgan fingerprint density at radius 2 is 1.89 bits per heavy atom. The number of aliphatic hydroxyl groups is 1. The van der Waals surface area contributed by atoms with Crippen molar-refractivity contribution in [2.75, 3.05) is 0 Å². The van der Waals surface area contributed by atoms with E-state index < -0.39 is 18.0 Å². The number of nitrogens with zero attached hydrogens (tertiary/aromatic N) is 1. The third-order valence-corrected chi connectivity index (χ3v) is 3.54. The quantitative estimate of drug-likeness (QED) is 0.303. The van der Waals surface area contributed by atoms with Crippen molar-refractivity contribution < 1.29 is 23.8 Å². The average Bonchev–Trinajstić information content (AvgIpc) is 3.23. The first-order valence-electron chi connectivity index (χ1n) is 8.05. The summed E-state index contributed by atoms with van der Waals surface area (Å²) in [6.45, 7) is 0. The molecule has 0 bridgehead atoms. The summed E-state index contributed by atoms with van der Waals surface area (Å²) in [4.78, 5) is 23.8. The first-order valence-corrected chi connectivity index (χ1v) is 8.05. The lowest BCUT2D eigenvalue weighted by atomic mass is 10.1.